The molecule has 0 aliphatic rings. The fraction of sp³-hybridized carbons (Fsp3) is 0.211. The second-order valence-corrected chi connectivity index (χ2v) is 4.73. The van der Waals surface area contributed by atoms with E-state index < -0.39 is 0 Å². The molecule has 0 saturated carbocycles. The van der Waals surface area contributed by atoms with Gasteiger partial charge in [-0.1, -0.05) is 55.5 Å². The summed E-state index contributed by atoms with van der Waals surface area (Å²) >= 11 is 0. The van der Waals surface area contributed by atoms with Crippen LogP contribution in [0, 0.1) is 0 Å². The Kier molecular flexibility index (Phi) is 5.33. The third-order valence-electron chi connectivity index (χ3n) is 3.29. The number of carbonyl (C=O) groups excluding carboxylic acids is 1. The predicted octanol–water partition coefficient (Wildman–Crippen LogP) is 4.81. The molecule has 2 heteroatoms. The molecule has 0 N–H and O–H groups in total. The zero-order valence-corrected chi connectivity index (χ0v) is 12.5. The van der Waals surface area contributed by atoms with Crippen molar-refractivity contribution in [2.45, 2.75) is 20.3 Å². The Bertz CT molecular complexity index is 610. The lowest BCUT2D eigenvalue weighted by atomic mass is 10.0. The SMILES string of the molecule is CCOC(=O)c1ccc(/C=C(\CC)c2ccccc2)cc1. The highest BCUT2D eigenvalue weighted by atomic mass is 16.5. The van der Waals surface area contributed by atoms with Gasteiger partial charge in [-0.25, -0.2) is 4.79 Å². The summed E-state index contributed by atoms with van der Waals surface area (Å²) in [5, 5.41) is 0. The molecule has 0 aliphatic heterocycles. The van der Waals surface area contributed by atoms with E-state index >= 15 is 0 Å². The van der Waals surface area contributed by atoms with Gasteiger partial charge in [0.2, 0.25) is 0 Å². The Morgan fingerprint density at radius 3 is 2.19 bits per heavy atom. The van der Waals surface area contributed by atoms with Gasteiger partial charge >= 0.3 is 5.97 Å². The van der Waals surface area contributed by atoms with Gasteiger partial charge in [0, 0.05) is 0 Å². The van der Waals surface area contributed by atoms with Crippen LogP contribution in [-0.4, -0.2) is 12.6 Å². The monoisotopic (exact) mass is 280 g/mol. The van der Waals surface area contributed by atoms with Gasteiger partial charge in [-0.15, -0.1) is 0 Å². The van der Waals surface area contributed by atoms with Crippen LogP contribution >= 0.6 is 0 Å². The molecule has 0 atom stereocenters. The average molecular weight is 280 g/mol. The van der Waals surface area contributed by atoms with E-state index in [0.29, 0.717) is 12.2 Å². The van der Waals surface area contributed by atoms with Crippen LogP contribution in [0.4, 0.5) is 0 Å². The minimum absolute atomic E-state index is 0.271. The standard InChI is InChI=1S/C19H20O2/c1-3-16(17-8-6-5-7-9-17)14-15-10-12-18(13-11-15)19(20)21-4-2/h5-14H,3-4H2,1-2H3/b16-14+. The molecule has 0 saturated heterocycles. The van der Waals surface area contributed by atoms with E-state index in [-0.39, 0.29) is 5.97 Å². The van der Waals surface area contributed by atoms with Crippen LogP contribution in [0.1, 0.15) is 41.8 Å². The van der Waals surface area contributed by atoms with E-state index in [9.17, 15) is 4.79 Å². The Labute approximate surface area is 126 Å². The van der Waals surface area contributed by atoms with Crippen molar-refractivity contribution in [1.82, 2.24) is 0 Å². The molecular formula is C19H20O2. The van der Waals surface area contributed by atoms with Crippen LogP contribution in [0.25, 0.3) is 11.6 Å². The second-order valence-electron chi connectivity index (χ2n) is 4.73. The Morgan fingerprint density at radius 1 is 0.952 bits per heavy atom. The molecule has 0 bridgehead atoms. The Balaban J connectivity index is 2.22. The summed E-state index contributed by atoms with van der Waals surface area (Å²) in [4.78, 5) is 11.6. The largest absolute Gasteiger partial charge is 0.462 e. The van der Waals surface area contributed by atoms with Gasteiger partial charge in [0.05, 0.1) is 12.2 Å². The number of ether oxygens (including phenoxy) is 1. The normalized spacial score (nSPS) is 11.2. The third-order valence-corrected chi connectivity index (χ3v) is 3.29. The zero-order chi connectivity index (χ0) is 15.1. The lowest BCUT2D eigenvalue weighted by molar-refractivity contribution is 0.0526. The van der Waals surface area contributed by atoms with Crippen LogP contribution in [0.5, 0.6) is 0 Å². The number of esters is 1. The predicted molar refractivity (Wildman–Crippen MR) is 87.0 cm³/mol. The van der Waals surface area contributed by atoms with Gasteiger partial charge in [-0.05, 0) is 42.2 Å². The molecule has 21 heavy (non-hydrogen) atoms. The van der Waals surface area contributed by atoms with Crippen molar-refractivity contribution in [2.24, 2.45) is 0 Å². The van der Waals surface area contributed by atoms with Crippen molar-refractivity contribution in [3.8, 4) is 0 Å². The van der Waals surface area contributed by atoms with E-state index in [1.54, 1.807) is 0 Å². The summed E-state index contributed by atoms with van der Waals surface area (Å²) in [7, 11) is 0. The zero-order valence-electron chi connectivity index (χ0n) is 12.5. The van der Waals surface area contributed by atoms with E-state index in [1.807, 2.05) is 49.4 Å². The molecule has 0 heterocycles. The van der Waals surface area contributed by atoms with Crippen molar-refractivity contribution in [3.05, 3.63) is 71.3 Å². The molecular weight excluding hydrogens is 260 g/mol. The lowest BCUT2D eigenvalue weighted by Crippen LogP contribution is -2.04. The van der Waals surface area contributed by atoms with E-state index in [2.05, 4.69) is 25.1 Å². The van der Waals surface area contributed by atoms with Crippen LogP contribution in [-0.2, 0) is 4.74 Å². The van der Waals surface area contributed by atoms with E-state index in [0.717, 1.165) is 12.0 Å². The Morgan fingerprint density at radius 2 is 1.62 bits per heavy atom. The molecule has 2 aromatic carbocycles. The third kappa shape index (κ3) is 4.06. The highest BCUT2D eigenvalue weighted by molar-refractivity contribution is 5.90. The first-order valence-corrected chi connectivity index (χ1v) is 7.27. The molecule has 0 unspecified atom stereocenters. The second kappa shape index (κ2) is 7.44. The molecule has 2 nitrogen and oxygen atoms in total. The molecule has 0 radical (unpaired) electrons. The van der Waals surface area contributed by atoms with Gasteiger partial charge in [0.25, 0.3) is 0 Å². The minimum Gasteiger partial charge on any atom is -0.462 e. The Hall–Kier alpha value is -2.35. The quantitative estimate of drug-likeness (QED) is 0.580. The van der Waals surface area contributed by atoms with Gasteiger partial charge in [0.1, 0.15) is 0 Å². The van der Waals surface area contributed by atoms with Gasteiger partial charge in [-0.3, -0.25) is 0 Å². The van der Waals surface area contributed by atoms with Crippen molar-refractivity contribution in [2.75, 3.05) is 6.61 Å². The number of carbonyl (C=O) groups is 1. The van der Waals surface area contributed by atoms with Gasteiger partial charge < -0.3 is 4.74 Å². The van der Waals surface area contributed by atoms with Crippen molar-refractivity contribution in [3.63, 3.8) is 0 Å². The summed E-state index contributed by atoms with van der Waals surface area (Å²) in [6.45, 7) is 4.35. The van der Waals surface area contributed by atoms with Crippen LogP contribution in [0.3, 0.4) is 0 Å². The van der Waals surface area contributed by atoms with Crippen LogP contribution in [0.15, 0.2) is 54.6 Å². The summed E-state index contributed by atoms with van der Waals surface area (Å²) in [6, 6.07) is 17.8. The highest BCUT2D eigenvalue weighted by Gasteiger charge is 2.05. The van der Waals surface area contributed by atoms with Crippen molar-refractivity contribution >= 4 is 17.6 Å². The summed E-state index contributed by atoms with van der Waals surface area (Å²) in [6.07, 6.45) is 3.12. The number of benzene rings is 2. The van der Waals surface area contributed by atoms with Crippen molar-refractivity contribution in [1.29, 1.82) is 0 Å². The smallest absolute Gasteiger partial charge is 0.338 e. The molecule has 108 valence electrons. The average Bonchev–Trinajstić information content (AvgIpc) is 2.54. The van der Waals surface area contributed by atoms with E-state index in [1.165, 1.54) is 11.1 Å². The van der Waals surface area contributed by atoms with Crippen molar-refractivity contribution < 1.29 is 9.53 Å². The molecule has 0 aromatic heterocycles. The maximum Gasteiger partial charge on any atom is 0.338 e. The van der Waals surface area contributed by atoms with Gasteiger partial charge in [-0.2, -0.15) is 0 Å². The molecule has 0 aliphatic carbocycles. The first-order chi connectivity index (χ1) is 10.2. The summed E-state index contributed by atoms with van der Waals surface area (Å²) in [5.74, 6) is -0.271. The molecule has 0 fully saturated rings. The summed E-state index contributed by atoms with van der Waals surface area (Å²) in [5.41, 5.74) is 4.18. The topological polar surface area (TPSA) is 26.3 Å². The van der Waals surface area contributed by atoms with Gasteiger partial charge in [0.15, 0.2) is 0 Å². The van der Waals surface area contributed by atoms with Crippen LogP contribution in [0.2, 0.25) is 0 Å². The number of allylic oxidation sites excluding steroid dienone is 1. The first kappa shape index (κ1) is 15.0. The van der Waals surface area contributed by atoms with E-state index in [4.69, 9.17) is 4.74 Å². The molecule has 0 amide bonds. The number of hydrogen-bond donors (Lipinski definition) is 0. The maximum atomic E-state index is 11.6. The lowest BCUT2D eigenvalue weighted by Gasteiger charge is -2.06. The fourth-order valence-corrected chi connectivity index (χ4v) is 2.17. The molecule has 2 rings (SSSR count). The highest BCUT2D eigenvalue weighted by Crippen LogP contribution is 2.21. The minimum atomic E-state index is -0.271. The number of hydrogen-bond acceptors (Lipinski definition) is 2. The summed E-state index contributed by atoms with van der Waals surface area (Å²) < 4.78 is 4.99. The maximum absolute atomic E-state index is 11.6. The first-order valence-electron chi connectivity index (χ1n) is 7.27. The number of rotatable bonds is 5. The molecule has 0 spiro atoms. The fourth-order valence-electron chi connectivity index (χ4n) is 2.17. The van der Waals surface area contributed by atoms with Crippen LogP contribution < -0.4 is 0 Å². The molecule has 2 aromatic rings.